The Morgan fingerprint density at radius 3 is 2.24 bits per heavy atom. The fourth-order valence-electron chi connectivity index (χ4n) is 1.49. The van der Waals surface area contributed by atoms with E-state index in [9.17, 15) is 13.2 Å². The van der Waals surface area contributed by atoms with Crippen LogP contribution in [0, 0.1) is 0 Å². The van der Waals surface area contributed by atoms with Crippen LogP contribution in [0.1, 0.15) is 26.3 Å². The second kappa shape index (κ2) is 6.91. The number of hydrogen-bond donors (Lipinski definition) is 1. The van der Waals surface area contributed by atoms with Gasteiger partial charge in [-0.25, -0.2) is 4.79 Å². The number of carbonyl (C=O) groups is 1. The van der Waals surface area contributed by atoms with Crippen LogP contribution in [-0.2, 0) is 25.5 Å². The SMILES string of the molecule is CC(C)(C)OC(=O)Nc1ccc(CCOS(C)(=O)=O)cc1. The molecule has 0 aliphatic rings. The first-order valence-corrected chi connectivity index (χ1v) is 8.30. The highest BCUT2D eigenvalue weighted by Gasteiger charge is 2.16. The van der Waals surface area contributed by atoms with Crippen LogP contribution in [0.25, 0.3) is 0 Å². The summed E-state index contributed by atoms with van der Waals surface area (Å²) in [7, 11) is -3.41. The minimum Gasteiger partial charge on any atom is -0.444 e. The fraction of sp³-hybridized carbons (Fsp3) is 0.500. The van der Waals surface area contributed by atoms with Crippen LogP contribution in [0.5, 0.6) is 0 Å². The number of anilines is 1. The van der Waals surface area contributed by atoms with E-state index in [1.54, 1.807) is 45.0 Å². The molecule has 1 N–H and O–H groups in total. The third-order valence-electron chi connectivity index (χ3n) is 2.29. The second-order valence-electron chi connectivity index (χ2n) is 5.60. The molecule has 0 saturated carbocycles. The molecule has 0 saturated heterocycles. The lowest BCUT2D eigenvalue weighted by molar-refractivity contribution is 0.0636. The van der Waals surface area contributed by atoms with Crippen molar-refractivity contribution in [3.8, 4) is 0 Å². The zero-order valence-corrected chi connectivity index (χ0v) is 13.5. The van der Waals surface area contributed by atoms with Crippen molar-refractivity contribution >= 4 is 21.9 Å². The Kier molecular flexibility index (Phi) is 5.74. The summed E-state index contributed by atoms with van der Waals surface area (Å²) in [5, 5.41) is 2.62. The van der Waals surface area contributed by atoms with Crippen molar-refractivity contribution in [2.45, 2.75) is 32.8 Å². The van der Waals surface area contributed by atoms with Gasteiger partial charge in [0, 0.05) is 5.69 Å². The first-order valence-electron chi connectivity index (χ1n) is 6.48. The van der Waals surface area contributed by atoms with Crippen molar-refractivity contribution in [3.63, 3.8) is 0 Å². The van der Waals surface area contributed by atoms with Gasteiger partial charge in [0.15, 0.2) is 0 Å². The summed E-state index contributed by atoms with van der Waals surface area (Å²) in [4.78, 5) is 11.6. The number of nitrogens with one attached hydrogen (secondary N) is 1. The van der Waals surface area contributed by atoms with E-state index in [-0.39, 0.29) is 6.61 Å². The Labute approximate surface area is 125 Å². The molecule has 0 heterocycles. The van der Waals surface area contributed by atoms with Gasteiger partial charge in [-0.05, 0) is 44.9 Å². The van der Waals surface area contributed by atoms with Gasteiger partial charge in [-0.1, -0.05) is 12.1 Å². The van der Waals surface area contributed by atoms with Gasteiger partial charge in [-0.2, -0.15) is 8.42 Å². The zero-order chi connectivity index (χ0) is 16.1. The molecule has 0 spiro atoms. The molecule has 1 amide bonds. The normalized spacial score (nSPS) is 12.0. The van der Waals surface area contributed by atoms with Gasteiger partial charge in [0.2, 0.25) is 0 Å². The molecule has 6 nitrogen and oxygen atoms in total. The number of carbonyl (C=O) groups excluding carboxylic acids is 1. The summed E-state index contributed by atoms with van der Waals surface area (Å²) in [6, 6.07) is 7.02. The second-order valence-corrected chi connectivity index (χ2v) is 7.24. The highest BCUT2D eigenvalue weighted by atomic mass is 32.2. The van der Waals surface area contributed by atoms with Crippen molar-refractivity contribution in [2.75, 3.05) is 18.2 Å². The maximum Gasteiger partial charge on any atom is 0.412 e. The number of benzene rings is 1. The Hall–Kier alpha value is -1.60. The quantitative estimate of drug-likeness (QED) is 0.844. The van der Waals surface area contributed by atoms with Crippen molar-refractivity contribution in [3.05, 3.63) is 29.8 Å². The maximum atomic E-state index is 11.6. The van der Waals surface area contributed by atoms with E-state index in [2.05, 4.69) is 9.50 Å². The van der Waals surface area contributed by atoms with Crippen LogP contribution >= 0.6 is 0 Å². The first-order chi connectivity index (χ1) is 9.55. The van der Waals surface area contributed by atoms with Crippen LogP contribution in [0.15, 0.2) is 24.3 Å². The van der Waals surface area contributed by atoms with Crippen LogP contribution in [0.4, 0.5) is 10.5 Å². The predicted molar refractivity (Wildman–Crippen MR) is 80.8 cm³/mol. The number of hydrogen-bond acceptors (Lipinski definition) is 5. The molecule has 0 radical (unpaired) electrons. The van der Waals surface area contributed by atoms with Gasteiger partial charge in [-0.15, -0.1) is 0 Å². The molecule has 0 aliphatic carbocycles. The van der Waals surface area contributed by atoms with Gasteiger partial charge in [0.05, 0.1) is 12.9 Å². The first kappa shape index (κ1) is 17.5. The average molecular weight is 315 g/mol. The smallest absolute Gasteiger partial charge is 0.412 e. The summed E-state index contributed by atoms with van der Waals surface area (Å²) < 4.78 is 31.5. The van der Waals surface area contributed by atoms with Crippen molar-refractivity contribution < 1.29 is 22.1 Å². The lowest BCUT2D eigenvalue weighted by Gasteiger charge is -2.19. The van der Waals surface area contributed by atoms with E-state index in [1.807, 2.05) is 0 Å². The Morgan fingerprint density at radius 2 is 1.76 bits per heavy atom. The van der Waals surface area contributed by atoms with Gasteiger partial charge in [0.1, 0.15) is 5.60 Å². The molecule has 118 valence electrons. The molecule has 1 aromatic carbocycles. The summed E-state index contributed by atoms with van der Waals surface area (Å²) in [6.07, 6.45) is 0.969. The highest BCUT2D eigenvalue weighted by Crippen LogP contribution is 2.13. The molecular formula is C14H21NO5S. The van der Waals surface area contributed by atoms with Crippen molar-refractivity contribution in [1.82, 2.24) is 0 Å². The van der Waals surface area contributed by atoms with Gasteiger partial charge >= 0.3 is 6.09 Å². The van der Waals surface area contributed by atoms with Crippen LogP contribution in [-0.4, -0.2) is 33.0 Å². The monoisotopic (exact) mass is 315 g/mol. The highest BCUT2D eigenvalue weighted by molar-refractivity contribution is 7.85. The van der Waals surface area contributed by atoms with E-state index in [0.29, 0.717) is 12.1 Å². The molecule has 0 aliphatic heterocycles. The standard InChI is InChI=1S/C14H21NO5S/c1-14(2,3)20-13(16)15-12-7-5-11(6-8-12)9-10-19-21(4,17)18/h5-8H,9-10H2,1-4H3,(H,15,16). The molecule has 1 rings (SSSR count). The van der Waals surface area contributed by atoms with Gasteiger partial charge < -0.3 is 4.74 Å². The van der Waals surface area contributed by atoms with E-state index in [1.165, 1.54) is 0 Å². The number of rotatable bonds is 5. The molecule has 0 bridgehead atoms. The van der Waals surface area contributed by atoms with Crippen molar-refractivity contribution in [1.29, 1.82) is 0 Å². The van der Waals surface area contributed by atoms with Crippen LogP contribution < -0.4 is 5.32 Å². The van der Waals surface area contributed by atoms with Crippen LogP contribution in [0.2, 0.25) is 0 Å². The Bertz CT molecular complexity index is 572. The zero-order valence-electron chi connectivity index (χ0n) is 12.7. The molecule has 0 fully saturated rings. The van der Waals surface area contributed by atoms with Crippen molar-refractivity contribution in [2.24, 2.45) is 0 Å². The summed E-state index contributed by atoms with van der Waals surface area (Å²) in [6.45, 7) is 5.46. The van der Waals surface area contributed by atoms with E-state index in [0.717, 1.165) is 11.8 Å². The largest absolute Gasteiger partial charge is 0.444 e. The maximum absolute atomic E-state index is 11.6. The fourth-order valence-corrected chi connectivity index (χ4v) is 1.87. The molecule has 0 unspecified atom stereocenters. The molecule has 1 aromatic rings. The molecule has 7 heteroatoms. The number of amides is 1. The molecule has 0 atom stereocenters. The summed E-state index contributed by atoms with van der Waals surface area (Å²) in [5.74, 6) is 0. The van der Waals surface area contributed by atoms with Gasteiger partial charge in [-0.3, -0.25) is 9.50 Å². The van der Waals surface area contributed by atoms with Gasteiger partial charge in [0.25, 0.3) is 10.1 Å². The minimum atomic E-state index is -3.41. The minimum absolute atomic E-state index is 0.0949. The lowest BCUT2D eigenvalue weighted by Crippen LogP contribution is -2.27. The Morgan fingerprint density at radius 1 is 1.19 bits per heavy atom. The van der Waals surface area contributed by atoms with Crippen LogP contribution in [0.3, 0.4) is 0 Å². The molecular weight excluding hydrogens is 294 g/mol. The molecule has 21 heavy (non-hydrogen) atoms. The summed E-state index contributed by atoms with van der Waals surface area (Å²) >= 11 is 0. The Balaban J connectivity index is 2.49. The third kappa shape index (κ3) is 8.31. The topological polar surface area (TPSA) is 81.7 Å². The van der Waals surface area contributed by atoms with E-state index < -0.39 is 21.8 Å². The van der Waals surface area contributed by atoms with E-state index in [4.69, 9.17) is 4.74 Å². The average Bonchev–Trinajstić information content (AvgIpc) is 2.27. The number of ether oxygens (including phenoxy) is 1. The predicted octanol–water partition coefficient (Wildman–Crippen LogP) is 2.55. The molecule has 0 aromatic heterocycles. The third-order valence-corrected chi connectivity index (χ3v) is 2.88. The lowest BCUT2D eigenvalue weighted by atomic mass is 10.1. The summed E-state index contributed by atoms with van der Waals surface area (Å²) in [5.41, 5.74) is 0.970. The van der Waals surface area contributed by atoms with E-state index >= 15 is 0 Å².